The Morgan fingerprint density at radius 3 is 1.91 bits per heavy atom. The van der Waals surface area contributed by atoms with Gasteiger partial charge >= 0.3 is 12.4 Å². The van der Waals surface area contributed by atoms with Gasteiger partial charge in [0.1, 0.15) is 6.79 Å². The van der Waals surface area contributed by atoms with Crippen molar-refractivity contribution in [3.63, 3.8) is 0 Å². The Labute approximate surface area is 197 Å². The molecule has 0 aromatic carbocycles. The zero-order valence-electron chi connectivity index (χ0n) is 20.0. The summed E-state index contributed by atoms with van der Waals surface area (Å²) in [4.78, 5) is 0. The molecule has 4 aliphatic rings. The summed E-state index contributed by atoms with van der Waals surface area (Å²) < 4.78 is 112. The summed E-state index contributed by atoms with van der Waals surface area (Å²) in [5.74, 6) is -2.12. The molecule has 0 spiro atoms. The van der Waals surface area contributed by atoms with Crippen molar-refractivity contribution < 1.29 is 40.2 Å². The van der Waals surface area contributed by atoms with Gasteiger partial charge in [-0.25, -0.2) is 4.39 Å². The van der Waals surface area contributed by atoms with E-state index < -0.39 is 60.7 Å². The van der Waals surface area contributed by atoms with E-state index in [1.54, 1.807) is 13.8 Å². The molecule has 0 aromatic rings. The molecule has 2 nitrogen and oxygen atoms in total. The first-order chi connectivity index (χ1) is 15.8. The molecule has 0 N–H and O–H groups in total. The SMILES string of the molecule is CC1C2CC(C1C)C(F)(C(OCOC1CCCCC1C1CCCCC1)(C(F)(F)F)C(F)(F)F)C2. The van der Waals surface area contributed by atoms with Gasteiger partial charge in [0, 0.05) is 0 Å². The predicted octanol–water partition coefficient (Wildman–Crippen LogP) is 8.00. The lowest BCUT2D eigenvalue weighted by molar-refractivity contribution is -0.434. The van der Waals surface area contributed by atoms with Gasteiger partial charge in [0.2, 0.25) is 0 Å². The van der Waals surface area contributed by atoms with E-state index in [0.29, 0.717) is 12.3 Å². The van der Waals surface area contributed by atoms with Crippen LogP contribution in [0.3, 0.4) is 0 Å². The molecule has 0 saturated heterocycles. The molecule has 4 aliphatic carbocycles. The molecule has 0 heterocycles. The summed E-state index contributed by atoms with van der Waals surface area (Å²) in [6.45, 7) is 2.11. The second-order valence-corrected chi connectivity index (χ2v) is 11.4. The van der Waals surface area contributed by atoms with Crippen LogP contribution in [0.5, 0.6) is 0 Å². The highest BCUT2D eigenvalue weighted by atomic mass is 19.4. The molecule has 34 heavy (non-hydrogen) atoms. The third kappa shape index (κ3) is 4.18. The normalized spacial score (nSPS) is 40.1. The van der Waals surface area contributed by atoms with Gasteiger partial charge in [-0.05, 0) is 61.2 Å². The Bertz CT molecular complexity index is 686. The van der Waals surface area contributed by atoms with E-state index >= 15 is 4.39 Å². The average molecular weight is 503 g/mol. The average Bonchev–Trinajstić information content (AvgIpc) is 3.25. The van der Waals surface area contributed by atoms with Crippen molar-refractivity contribution in [2.45, 2.75) is 114 Å². The summed E-state index contributed by atoms with van der Waals surface area (Å²) in [6, 6.07) is 0. The lowest BCUT2D eigenvalue weighted by Gasteiger charge is -2.50. The first-order valence-electron chi connectivity index (χ1n) is 12.9. The van der Waals surface area contributed by atoms with Crippen LogP contribution >= 0.6 is 0 Å². The van der Waals surface area contributed by atoms with Crippen LogP contribution < -0.4 is 0 Å². The number of halogens is 7. The summed E-state index contributed by atoms with van der Waals surface area (Å²) in [6.07, 6.45) is -4.62. The Kier molecular flexibility index (Phi) is 7.31. The first kappa shape index (κ1) is 26.5. The third-order valence-electron chi connectivity index (χ3n) is 9.86. The van der Waals surface area contributed by atoms with E-state index in [2.05, 4.69) is 4.74 Å². The zero-order chi connectivity index (χ0) is 24.9. The number of alkyl halides is 7. The molecule has 198 valence electrons. The van der Waals surface area contributed by atoms with Crippen LogP contribution in [0.4, 0.5) is 30.7 Å². The fourth-order valence-electron chi connectivity index (χ4n) is 7.92. The summed E-state index contributed by atoms with van der Waals surface area (Å²) in [7, 11) is 0. The summed E-state index contributed by atoms with van der Waals surface area (Å²) in [5.41, 5.74) is -8.46. The highest BCUT2D eigenvalue weighted by molar-refractivity contribution is 5.21. The number of ether oxygens (including phenoxy) is 2. The monoisotopic (exact) mass is 502 g/mol. The first-order valence-corrected chi connectivity index (χ1v) is 12.9. The van der Waals surface area contributed by atoms with Gasteiger partial charge in [-0.1, -0.05) is 58.8 Å². The second-order valence-electron chi connectivity index (χ2n) is 11.4. The van der Waals surface area contributed by atoms with E-state index in [1.807, 2.05) is 0 Å². The van der Waals surface area contributed by atoms with Gasteiger partial charge in [0.25, 0.3) is 5.60 Å². The minimum atomic E-state index is -5.97. The highest BCUT2D eigenvalue weighted by Crippen LogP contribution is 2.68. The second kappa shape index (κ2) is 9.38. The maximum atomic E-state index is 16.3. The molecule has 0 aromatic heterocycles. The Hall–Kier alpha value is -0.570. The van der Waals surface area contributed by atoms with E-state index in [4.69, 9.17) is 4.74 Å². The van der Waals surface area contributed by atoms with E-state index in [0.717, 1.165) is 51.4 Å². The quantitative estimate of drug-likeness (QED) is 0.271. The standard InChI is InChI=1S/C25H37F7O2/c1-15-16(2)20-12-18(15)13-22(20,26)23(24(27,28)29,25(30,31)32)34-14-33-21-11-7-6-10-19(21)17-8-4-3-5-9-17/h15-21H,3-14H2,1-2H3. The molecule has 0 amide bonds. The molecular weight excluding hydrogens is 465 g/mol. The Morgan fingerprint density at radius 2 is 1.35 bits per heavy atom. The third-order valence-corrected chi connectivity index (χ3v) is 9.86. The van der Waals surface area contributed by atoms with Gasteiger partial charge in [0.05, 0.1) is 6.10 Å². The summed E-state index contributed by atoms with van der Waals surface area (Å²) in [5, 5.41) is 0. The van der Waals surface area contributed by atoms with Crippen molar-refractivity contribution in [1.29, 1.82) is 0 Å². The minimum absolute atomic E-state index is 0.0172. The van der Waals surface area contributed by atoms with Crippen molar-refractivity contribution in [2.24, 2.45) is 35.5 Å². The largest absolute Gasteiger partial charge is 0.429 e. The van der Waals surface area contributed by atoms with Crippen molar-refractivity contribution in [2.75, 3.05) is 6.79 Å². The molecule has 0 aliphatic heterocycles. The smallest absolute Gasteiger partial charge is 0.352 e. The van der Waals surface area contributed by atoms with Crippen LogP contribution in [0.15, 0.2) is 0 Å². The van der Waals surface area contributed by atoms with Gasteiger partial charge in [0.15, 0.2) is 5.67 Å². The molecule has 7 unspecified atom stereocenters. The summed E-state index contributed by atoms with van der Waals surface area (Å²) >= 11 is 0. The van der Waals surface area contributed by atoms with Gasteiger partial charge in [-0.15, -0.1) is 0 Å². The molecule has 4 rings (SSSR count). The maximum Gasteiger partial charge on any atom is 0.429 e. The van der Waals surface area contributed by atoms with Crippen molar-refractivity contribution >= 4 is 0 Å². The zero-order valence-corrected chi connectivity index (χ0v) is 20.0. The highest BCUT2D eigenvalue weighted by Gasteiger charge is 2.86. The Balaban J connectivity index is 1.56. The van der Waals surface area contributed by atoms with Gasteiger partial charge in [-0.2, -0.15) is 26.3 Å². The van der Waals surface area contributed by atoms with Crippen LogP contribution in [-0.2, 0) is 9.47 Å². The fourth-order valence-corrected chi connectivity index (χ4v) is 7.92. The van der Waals surface area contributed by atoms with E-state index in [9.17, 15) is 26.3 Å². The van der Waals surface area contributed by atoms with Crippen molar-refractivity contribution in [1.82, 2.24) is 0 Å². The molecule has 4 saturated carbocycles. The molecule has 4 fully saturated rings. The van der Waals surface area contributed by atoms with Crippen LogP contribution in [0.25, 0.3) is 0 Å². The van der Waals surface area contributed by atoms with E-state index in [1.165, 1.54) is 0 Å². The van der Waals surface area contributed by atoms with Crippen LogP contribution in [0.1, 0.15) is 84.5 Å². The fraction of sp³-hybridized carbons (Fsp3) is 1.00. The maximum absolute atomic E-state index is 16.3. The minimum Gasteiger partial charge on any atom is -0.352 e. The molecule has 0 radical (unpaired) electrons. The topological polar surface area (TPSA) is 18.5 Å². The molecule has 7 atom stereocenters. The van der Waals surface area contributed by atoms with Gasteiger partial charge in [-0.3, -0.25) is 0 Å². The van der Waals surface area contributed by atoms with Crippen LogP contribution in [-0.4, -0.2) is 36.5 Å². The van der Waals surface area contributed by atoms with Crippen molar-refractivity contribution in [3.05, 3.63) is 0 Å². The Morgan fingerprint density at radius 1 is 0.765 bits per heavy atom. The molecule has 2 bridgehead atoms. The number of fused-ring (bicyclic) bond motifs is 2. The number of hydrogen-bond donors (Lipinski definition) is 0. The van der Waals surface area contributed by atoms with E-state index in [-0.39, 0.29) is 18.3 Å². The molecular formula is C25H37F7O2. The lowest BCUT2D eigenvalue weighted by Crippen LogP contribution is -2.73. The van der Waals surface area contributed by atoms with Crippen molar-refractivity contribution in [3.8, 4) is 0 Å². The number of rotatable bonds is 6. The van der Waals surface area contributed by atoms with Crippen LogP contribution in [0.2, 0.25) is 0 Å². The molecule has 9 heteroatoms. The predicted molar refractivity (Wildman–Crippen MR) is 113 cm³/mol. The van der Waals surface area contributed by atoms with Gasteiger partial charge < -0.3 is 9.47 Å². The lowest BCUT2D eigenvalue weighted by atomic mass is 9.66. The van der Waals surface area contributed by atoms with Crippen LogP contribution in [0, 0.1) is 35.5 Å². The number of hydrogen-bond acceptors (Lipinski definition) is 2.